The number of amides is 2. The van der Waals surface area contributed by atoms with Crippen LogP contribution in [-0.2, 0) is 16.0 Å². The molecule has 2 aromatic carbocycles. The van der Waals surface area contributed by atoms with Crippen molar-refractivity contribution < 1.29 is 49.1 Å². The highest BCUT2D eigenvalue weighted by Crippen LogP contribution is 2.53. The van der Waals surface area contributed by atoms with Crippen molar-refractivity contribution in [2.24, 2.45) is 0 Å². The summed E-state index contributed by atoms with van der Waals surface area (Å²) in [7, 11) is 0. The van der Waals surface area contributed by atoms with Crippen molar-refractivity contribution >= 4 is 23.2 Å². The highest BCUT2D eigenvalue weighted by molar-refractivity contribution is 6.02. The molecule has 0 bridgehead atoms. The number of hydrogen-bond donors (Lipinski definition) is 2. The molecule has 4 nitrogen and oxygen atoms in total. The molecule has 0 aliphatic rings. The third-order valence-electron chi connectivity index (χ3n) is 4.09. The molecule has 0 aliphatic heterocycles. The van der Waals surface area contributed by atoms with Gasteiger partial charge in [0.15, 0.2) is 0 Å². The molecule has 0 saturated heterocycles. The minimum absolute atomic E-state index is 0.213. The van der Waals surface area contributed by atoms with Crippen LogP contribution >= 0.6 is 0 Å². The summed E-state index contributed by atoms with van der Waals surface area (Å²) < 4.78 is 117. The fraction of sp³-hybridized carbons (Fsp3) is 0.263. The zero-order chi connectivity index (χ0) is 24.4. The van der Waals surface area contributed by atoms with Gasteiger partial charge in [-0.05, 0) is 17.7 Å². The molecular weight excluding hydrogens is 459 g/mol. The lowest BCUT2D eigenvalue weighted by Crippen LogP contribution is -2.64. The van der Waals surface area contributed by atoms with Gasteiger partial charge in [0.1, 0.15) is 0 Å². The molecular formula is C19H13F9N2O2. The maximum atomic E-state index is 13.8. The molecule has 13 heteroatoms. The van der Waals surface area contributed by atoms with Crippen LogP contribution in [0, 0.1) is 0 Å². The van der Waals surface area contributed by atoms with Crippen LogP contribution < -0.4 is 10.6 Å². The Bertz CT molecular complexity index is 976. The summed E-state index contributed by atoms with van der Waals surface area (Å²) in [4.78, 5) is 23.7. The molecule has 0 unspecified atom stereocenters. The third-order valence-corrected chi connectivity index (χ3v) is 4.09. The largest absolute Gasteiger partial charge is 0.460 e. The maximum Gasteiger partial charge on any atom is 0.460 e. The fourth-order valence-electron chi connectivity index (χ4n) is 2.40. The summed E-state index contributed by atoms with van der Waals surface area (Å²) in [5, 5.41) is 3.36. The van der Waals surface area contributed by atoms with Crippen LogP contribution in [0.15, 0.2) is 54.6 Å². The normalized spacial score (nSPS) is 12.9. The molecule has 174 valence electrons. The van der Waals surface area contributed by atoms with Crippen LogP contribution in [-0.4, -0.2) is 35.8 Å². The van der Waals surface area contributed by atoms with Gasteiger partial charge in [-0.15, -0.1) is 0 Å². The summed E-state index contributed by atoms with van der Waals surface area (Å²) in [6, 6.07) is 12.3. The number of carbonyl (C=O) groups excluding carboxylic acids is 2. The predicted octanol–water partition coefficient (Wildman–Crippen LogP) is 5.27. The summed E-state index contributed by atoms with van der Waals surface area (Å²) >= 11 is 0. The summed E-state index contributed by atoms with van der Waals surface area (Å²) in [5.74, 6) is -24.6. The second-order valence-corrected chi connectivity index (χ2v) is 6.43. The van der Waals surface area contributed by atoms with Crippen LogP contribution in [0.25, 0.3) is 0 Å². The second kappa shape index (κ2) is 8.71. The first-order chi connectivity index (χ1) is 14.6. The van der Waals surface area contributed by atoms with Crippen LogP contribution in [0.4, 0.5) is 50.9 Å². The molecule has 0 saturated carbocycles. The van der Waals surface area contributed by atoms with Gasteiger partial charge in [-0.3, -0.25) is 9.59 Å². The Morgan fingerprint density at radius 2 is 1.12 bits per heavy atom. The van der Waals surface area contributed by atoms with Gasteiger partial charge in [0.25, 0.3) is 0 Å². The average Bonchev–Trinajstić information content (AvgIpc) is 2.69. The lowest BCUT2D eigenvalue weighted by atomic mass is 10.0. The molecule has 0 aliphatic carbocycles. The van der Waals surface area contributed by atoms with E-state index in [0.717, 1.165) is 18.2 Å². The Balaban J connectivity index is 2.24. The molecule has 32 heavy (non-hydrogen) atoms. The van der Waals surface area contributed by atoms with Gasteiger partial charge in [0.05, 0.1) is 17.8 Å². The van der Waals surface area contributed by atoms with E-state index in [0.29, 0.717) is 5.56 Å². The summed E-state index contributed by atoms with van der Waals surface area (Å²) in [6.07, 6.45) is -7.27. The number of para-hydroxylation sites is 2. The van der Waals surface area contributed by atoms with Crippen molar-refractivity contribution in [1.82, 2.24) is 0 Å². The van der Waals surface area contributed by atoms with E-state index in [1.54, 1.807) is 30.3 Å². The number of anilines is 2. The van der Waals surface area contributed by atoms with Crippen LogP contribution in [0.1, 0.15) is 5.56 Å². The summed E-state index contributed by atoms with van der Waals surface area (Å²) in [5.41, 5.74) is -0.583. The first-order valence-electron chi connectivity index (χ1n) is 8.55. The highest BCUT2D eigenvalue weighted by Gasteiger charge is 2.83. The van der Waals surface area contributed by atoms with Gasteiger partial charge in [-0.2, -0.15) is 39.5 Å². The Morgan fingerprint density at radius 3 is 1.62 bits per heavy atom. The molecule has 0 fully saturated rings. The van der Waals surface area contributed by atoms with Gasteiger partial charge in [-0.1, -0.05) is 42.5 Å². The molecule has 0 radical (unpaired) electrons. The SMILES string of the molecule is O=C(Cc1ccccc1)Nc1ccccc1NC(=O)C(F)(F)C(F)(F)C(F)(F)C(F)(F)F. The monoisotopic (exact) mass is 472 g/mol. The lowest BCUT2D eigenvalue weighted by molar-refractivity contribution is -0.388. The van der Waals surface area contributed by atoms with E-state index in [1.807, 2.05) is 0 Å². The van der Waals surface area contributed by atoms with Crippen molar-refractivity contribution in [3.8, 4) is 0 Å². The Hall–Kier alpha value is -3.25. The first kappa shape index (κ1) is 25.0. The van der Waals surface area contributed by atoms with E-state index in [2.05, 4.69) is 5.32 Å². The van der Waals surface area contributed by atoms with E-state index >= 15 is 0 Å². The predicted molar refractivity (Wildman–Crippen MR) is 94.7 cm³/mol. The fourth-order valence-corrected chi connectivity index (χ4v) is 2.40. The number of carbonyl (C=O) groups is 2. The standard InChI is InChI=1S/C19H13F9N2O2/c20-16(21,17(22,23)18(24,25)19(26,27)28)15(32)30-13-9-5-4-8-12(13)29-14(31)10-11-6-2-1-3-7-11/h1-9H,10H2,(H,29,31)(H,30,32). The van der Waals surface area contributed by atoms with Gasteiger partial charge < -0.3 is 10.6 Å². The Labute approximate surface area is 174 Å². The summed E-state index contributed by atoms with van der Waals surface area (Å²) in [6.45, 7) is 0. The second-order valence-electron chi connectivity index (χ2n) is 6.43. The number of nitrogens with one attached hydrogen (secondary N) is 2. The molecule has 2 amide bonds. The van der Waals surface area contributed by atoms with Gasteiger partial charge in [0, 0.05) is 0 Å². The zero-order valence-corrected chi connectivity index (χ0v) is 15.6. The zero-order valence-electron chi connectivity index (χ0n) is 15.6. The third kappa shape index (κ3) is 4.81. The number of halogens is 9. The lowest BCUT2D eigenvalue weighted by Gasteiger charge is -2.32. The quantitative estimate of drug-likeness (QED) is 0.540. The van der Waals surface area contributed by atoms with Crippen molar-refractivity contribution in [1.29, 1.82) is 0 Å². The molecule has 0 spiro atoms. The van der Waals surface area contributed by atoms with E-state index in [1.165, 1.54) is 11.4 Å². The Morgan fingerprint density at radius 1 is 0.656 bits per heavy atom. The maximum absolute atomic E-state index is 13.8. The van der Waals surface area contributed by atoms with Crippen molar-refractivity contribution in [2.45, 2.75) is 30.4 Å². The van der Waals surface area contributed by atoms with Crippen LogP contribution in [0.5, 0.6) is 0 Å². The van der Waals surface area contributed by atoms with E-state index < -0.39 is 41.4 Å². The molecule has 0 atom stereocenters. The minimum atomic E-state index is -7.20. The number of hydrogen-bond acceptors (Lipinski definition) is 2. The molecule has 0 heterocycles. The van der Waals surface area contributed by atoms with Crippen LogP contribution in [0.3, 0.4) is 0 Å². The Kier molecular flexibility index (Phi) is 6.81. The van der Waals surface area contributed by atoms with Gasteiger partial charge >= 0.3 is 29.9 Å². The minimum Gasteiger partial charge on any atom is -0.324 e. The van der Waals surface area contributed by atoms with Gasteiger partial charge in [-0.25, -0.2) is 0 Å². The highest BCUT2D eigenvalue weighted by atomic mass is 19.4. The van der Waals surface area contributed by atoms with E-state index in [9.17, 15) is 49.1 Å². The van der Waals surface area contributed by atoms with E-state index in [-0.39, 0.29) is 12.1 Å². The molecule has 2 aromatic rings. The van der Waals surface area contributed by atoms with Crippen LogP contribution in [0.2, 0.25) is 0 Å². The number of rotatable bonds is 7. The first-order valence-corrected chi connectivity index (χ1v) is 8.55. The van der Waals surface area contributed by atoms with Crippen molar-refractivity contribution in [2.75, 3.05) is 10.6 Å². The van der Waals surface area contributed by atoms with Gasteiger partial charge in [0.2, 0.25) is 5.91 Å². The average molecular weight is 472 g/mol. The van der Waals surface area contributed by atoms with Crippen molar-refractivity contribution in [3.05, 3.63) is 60.2 Å². The smallest absolute Gasteiger partial charge is 0.324 e. The van der Waals surface area contributed by atoms with E-state index in [4.69, 9.17) is 0 Å². The molecule has 2 rings (SSSR count). The molecule has 2 N–H and O–H groups in total. The number of alkyl halides is 9. The number of benzene rings is 2. The van der Waals surface area contributed by atoms with Crippen molar-refractivity contribution in [3.63, 3.8) is 0 Å². The topological polar surface area (TPSA) is 58.2 Å². The molecule has 0 aromatic heterocycles.